The SMILES string of the molecule is NCC1(C(O)c2cc(Br)c(Br)s2)Cc2ccccc2C1. The monoisotopic (exact) mass is 415 g/mol. The Morgan fingerprint density at radius 2 is 1.85 bits per heavy atom. The van der Waals surface area contributed by atoms with Gasteiger partial charge in [0, 0.05) is 21.3 Å². The largest absolute Gasteiger partial charge is 0.387 e. The Balaban J connectivity index is 1.95. The van der Waals surface area contributed by atoms with Crippen molar-refractivity contribution in [3.8, 4) is 0 Å². The summed E-state index contributed by atoms with van der Waals surface area (Å²) in [6.45, 7) is 0.482. The molecule has 0 radical (unpaired) electrons. The summed E-state index contributed by atoms with van der Waals surface area (Å²) in [7, 11) is 0. The molecule has 1 aliphatic carbocycles. The predicted octanol–water partition coefficient (Wildman–Crippen LogP) is 4.05. The first-order valence-electron chi connectivity index (χ1n) is 6.45. The van der Waals surface area contributed by atoms with Crippen LogP contribution in [0.25, 0.3) is 0 Å². The lowest BCUT2D eigenvalue weighted by molar-refractivity contribution is 0.0386. The number of nitrogens with two attached hydrogens (primary N) is 1. The van der Waals surface area contributed by atoms with Gasteiger partial charge in [-0.05, 0) is 61.9 Å². The minimum Gasteiger partial charge on any atom is -0.387 e. The molecule has 5 heteroatoms. The fraction of sp³-hybridized carbons (Fsp3) is 0.333. The Labute approximate surface area is 139 Å². The standard InChI is InChI=1S/C15H15Br2NOS/c16-11-5-12(20-14(11)17)13(19)15(8-18)6-9-3-1-2-4-10(9)7-15/h1-5,13,19H,6-8,18H2. The molecule has 2 nitrogen and oxygen atoms in total. The Morgan fingerprint density at radius 1 is 1.25 bits per heavy atom. The van der Waals surface area contributed by atoms with Crippen LogP contribution in [0.15, 0.2) is 38.6 Å². The van der Waals surface area contributed by atoms with E-state index in [4.69, 9.17) is 5.73 Å². The highest BCUT2D eigenvalue weighted by atomic mass is 79.9. The van der Waals surface area contributed by atoms with E-state index in [0.717, 1.165) is 26.0 Å². The smallest absolute Gasteiger partial charge is 0.0957 e. The van der Waals surface area contributed by atoms with Crippen LogP contribution < -0.4 is 5.73 Å². The van der Waals surface area contributed by atoms with Crippen molar-refractivity contribution >= 4 is 43.2 Å². The lowest BCUT2D eigenvalue weighted by atomic mass is 9.78. The second kappa shape index (κ2) is 5.54. The van der Waals surface area contributed by atoms with Crippen LogP contribution in [0.2, 0.25) is 0 Å². The molecule has 3 rings (SSSR count). The van der Waals surface area contributed by atoms with Crippen molar-refractivity contribution in [1.29, 1.82) is 0 Å². The summed E-state index contributed by atoms with van der Waals surface area (Å²) >= 11 is 8.54. The van der Waals surface area contributed by atoms with E-state index in [1.165, 1.54) is 11.1 Å². The Hall–Kier alpha value is -0.200. The summed E-state index contributed by atoms with van der Waals surface area (Å²) in [4.78, 5) is 0.960. The number of thiophene rings is 1. The zero-order valence-electron chi connectivity index (χ0n) is 10.8. The first kappa shape index (κ1) is 14.7. The molecule has 1 heterocycles. The number of aliphatic hydroxyl groups is 1. The summed E-state index contributed by atoms with van der Waals surface area (Å²) in [5.74, 6) is 0. The summed E-state index contributed by atoms with van der Waals surface area (Å²) in [6.07, 6.45) is 1.15. The van der Waals surface area contributed by atoms with Crippen LogP contribution in [0.4, 0.5) is 0 Å². The van der Waals surface area contributed by atoms with Crippen LogP contribution in [-0.2, 0) is 12.8 Å². The minimum absolute atomic E-state index is 0.284. The lowest BCUT2D eigenvalue weighted by Crippen LogP contribution is -2.37. The van der Waals surface area contributed by atoms with Crippen molar-refractivity contribution in [3.05, 3.63) is 54.6 Å². The van der Waals surface area contributed by atoms with Crippen LogP contribution in [0.5, 0.6) is 0 Å². The molecule has 1 aromatic carbocycles. The van der Waals surface area contributed by atoms with E-state index in [9.17, 15) is 5.11 Å². The number of benzene rings is 1. The number of hydrogen-bond acceptors (Lipinski definition) is 3. The number of hydrogen-bond donors (Lipinski definition) is 2. The maximum absolute atomic E-state index is 10.9. The van der Waals surface area contributed by atoms with Crippen molar-refractivity contribution in [2.45, 2.75) is 18.9 Å². The molecule has 0 bridgehead atoms. The van der Waals surface area contributed by atoms with Crippen molar-refractivity contribution < 1.29 is 5.11 Å². The van der Waals surface area contributed by atoms with Crippen LogP contribution >= 0.6 is 43.2 Å². The van der Waals surface area contributed by atoms with Crippen molar-refractivity contribution in [2.75, 3.05) is 6.54 Å². The van der Waals surface area contributed by atoms with Gasteiger partial charge in [-0.2, -0.15) is 0 Å². The van der Waals surface area contributed by atoms with Gasteiger partial charge in [-0.25, -0.2) is 0 Å². The number of aliphatic hydroxyl groups excluding tert-OH is 1. The Morgan fingerprint density at radius 3 is 2.30 bits per heavy atom. The second-order valence-electron chi connectivity index (χ2n) is 5.36. The number of halogens is 2. The maximum atomic E-state index is 10.9. The molecule has 3 N–H and O–H groups in total. The zero-order chi connectivity index (χ0) is 14.3. The van der Waals surface area contributed by atoms with E-state index in [1.807, 2.05) is 6.07 Å². The van der Waals surface area contributed by atoms with E-state index in [0.29, 0.717) is 6.54 Å². The molecule has 0 aliphatic heterocycles. The molecule has 1 unspecified atom stereocenters. The molecule has 106 valence electrons. The van der Waals surface area contributed by atoms with Gasteiger partial charge in [0.25, 0.3) is 0 Å². The van der Waals surface area contributed by atoms with Crippen LogP contribution in [0.3, 0.4) is 0 Å². The van der Waals surface area contributed by atoms with Gasteiger partial charge in [0.2, 0.25) is 0 Å². The predicted molar refractivity (Wildman–Crippen MR) is 90.0 cm³/mol. The lowest BCUT2D eigenvalue weighted by Gasteiger charge is -2.32. The van der Waals surface area contributed by atoms with E-state index in [-0.39, 0.29) is 5.41 Å². The molecule has 20 heavy (non-hydrogen) atoms. The van der Waals surface area contributed by atoms with E-state index in [2.05, 4.69) is 56.1 Å². The Bertz CT molecular complexity index is 596. The number of rotatable bonds is 3. The molecule has 1 aromatic heterocycles. The second-order valence-corrected chi connectivity index (χ2v) is 8.62. The molecule has 1 atom stereocenters. The molecule has 0 amide bonds. The van der Waals surface area contributed by atoms with E-state index >= 15 is 0 Å². The maximum Gasteiger partial charge on any atom is 0.0957 e. The molecule has 1 aliphatic rings. The third-order valence-electron chi connectivity index (χ3n) is 4.12. The third-order valence-corrected chi connectivity index (χ3v) is 7.43. The molecular formula is C15H15Br2NOS. The summed E-state index contributed by atoms with van der Waals surface area (Å²) in [5, 5.41) is 10.9. The molecule has 0 fully saturated rings. The van der Waals surface area contributed by atoms with Crippen LogP contribution in [-0.4, -0.2) is 11.7 Å². The first-order valence-corrected chi connectivity index (χ1v) is 8.85. The summed E-state index contributed by atoms with van der Waals surface area (Å²) in [6, 6.07) is 10.4. The molecule has 0 spiro atoms. The fourth-order valence-electron chi connectivity index (χ4n) is 2.97. The van der Waals surface area contributed by atoms with Gasteiger partial charge < -0.3 is 10.8 Å². The highest BCUT2D eigenvalue weighted by molar-refractivity contribution is 9.13. The van der Waals surface area contributed by atoms with Gasteiger partial charge in [0.1, 0.15) is 0 Å². The normalized spacial score (nSPS) is 18.0. The molecular weight excluding hydrogens is 402 g/mol. The average Bonchev–Trinajstić information content (AvgIpc) is 2.99. The van der Waals surface area contributed by atoms with Gasteiger partial charge in [-0.15, -0.1) is 11.3 Å². The van der Waals surface area contributed by atoms with Gasteiger partial charge >= 0.3 is 0 Å². The minimum atomic E-state index is -0.535. The van der Waals surface area contributed by atoms with Crippen LogP contribution in [0, 0.1) is 5.41 Å². The first-order chi connectivity index (χ1) is 9.55. The van der Waals surface area contributed by atoms with Gasteiger partial charge in [-0.3, -0.25) is 0 Å². The van der Waals surface area contributed by atoms with E-state index in [1.54, 1.807) is 11.3 Å². The van der Waals surface area contributed by atoms with E-state index < -0.39 is 6.10 Å². The number of fused-ring (bicyclic) bond motifs is 1. The van der Waals surface area contributed by atoms with Crippen molar-refractivity contribution in [1.82, 2.24) is 0 Å². The molecule has 0 saturated carbocycles. The topological polar surface area (TPSA) is 46.2 Å². The Kier molecular flexibility index (Phi) is 4.08. The highest BCUT2D eigenvalue weighted by Gasteiger charge is 2.43. The zero-order valence-corrected chi connectivity index (χ0v) is 14.8. The summed E-state index contributed by atoms with van der Waals surface area (Å²) < 4.78 is 1.99. The van der Waals surface area contributed by atoms with Gasteiger partial charge in [0.15, 0.2) is 0 Å². The summed E-state index contributed by atoms with van der Waals surface area (Å²) in [5.41, 5.74) is 8.39. The van der Waals surface area contributed by atoms with Crippen LogP contribution in [0.1, 0.15) is 22.1 Å². The fourth-order valence-corrected chi connectivity index (χ4v) is 5.19. The molecule has 0 saturated heterocycles. The molecule has 2 aromatic rings. The average molecular weight is 417 g/mol. The quantitative estimate of drug-likeness (QED) is 0.792. The van der Waals surface area contributed by atoms with Crippen molar-refractivity contribution in [2.24, 2.45) is 11.1 Å². The van der Waals surface area contributed by atoms with Gasteiger partial charge in [0.05, 0.1) is 9.89 Å². The third kappa shape index (κ3) is 2.40. The highest BCUT2D eigenvalue weighted by Crippen LogP contribution is 2.48. The van der Waals surface area contributed by atoms with Crippen molar-refractivity contribution in [3.63, 3.8) is 0 Å². The van der Waals surface area contributed by atoms with Gasteiger partial charge in [-0.1, -0.05) is 24.3 Å².